The second kappa shape index (κ2) is 9.21. The first-order valence-electron chi connectivity index (χ1n) is 9.90. The van der Waals surface area contributed by atoms with Crippen molar-refractivity contribution in [1.82, 2.24) is 4.57 Å². The van der Waals surface area contributed by atoms with Crippen molar-refractivity contribution in [1.29, 1.82) is 0 Å². The highest BCUT2D eigenvalue weighted by Crippen LogP contribution is 2.20. The van der Waals surface area contributed by atoms with Gasteiger partial charge in [0.2, 0.25) is 0 Å². The molecule has 1 amide bonds. The zero-order valence-corrected chi connectivity index (χ0v) is 18.5. The number of ether oxygens (including phenoxy) is 2. The summed E-state index contributed by atoms with van der Waals surface area (Å²) in [6, 6.07) is 12.4. The van der Waals surface area contributed by atoms with Gasteiger partial charge in [0, 0.05) is 6.07 Å². The van der Waals surface area contributed by atoms with Crippen molar-refractivity contribution in [3.8, 4) is 0 Å². The number of para-hydroxylation sites is 1. The van der Waals surface area contributed by atoms with E-state index >= 15 is 0 Å². The monoisotopic (exact) mass is 466 g/mol. The van der Waals surface area contributed by atoms with E-state index in [9.17, 15) is 19.2 Å². The molecule has 0 N–H and O–H groups in total. The topological polar surface area (TPSA) is 117 Å². The maximum Gasteiger partial charge on any atom is 0.337 e. The van der Waals surface area contributed by atoms with Crippen LogP contribution in [0.2, 0.25) is 0 Å². The molecular formula is C23H18N2O7S. The van der Waals surface area contributed by atoms with E-state index in [4.69, 9.17) is 13.9 Å². The third-order valence-electron chi connectivity index (χ3n) is 4.74. The highest BCUT2D eigenvalue weighted by molar-refractivity contribution is 7.16. The standard InChI is InChI=1S/C23H18N2O7S/c1-3-31-20(27)12-25-15-9-8-13(22(29)30-2)10-19(15)33-23(25)24-21(28)18-11-16(26)14-6-4-5-7-17(14)32-18/h4-11H,3,12H2,1-2H3. The summed E-state index contributed by atoms with van der Waals surface area (Å²) in [6.07, 6.45) is 0. The molecule has 2 aromatic carbocycles. The predicted molar refractivity (Wildman–Crippen MR) is 120 cm³/mol. The van der Waals surface area contributed by atoms with E-state index in [0.717, 1.165) is 17.4 Å². The summed E-state index contributed by atoms with van der Waals surface area (Å²) in [6.45, 7) is 1.69. The van der Waals surface area contributed by atoms with Gasteiger partial charge in [-0.3, -0.25) is 14.4 Å². The summed E-state index contributed by atoms with van der Waals surface area (Å²) in [5.41, 5.74) is 0.788. The lowest BCUT2D eigenvalue weighted by molar-refractivity contribution is -0.143. The van der Waals surface area contributed by atoms with Crippen LogP contribution >= 0.6 is 11.3 Å². The Bertz CT molecular complexity index is 1530. The first kappa shape index (κ1) is 22.2. The van der Waals surface area contributed by atoms with Gasteiger partial charge in [-0.2, -0.15) is 4.99 Å². The minimum Gasteiger partial charge on any atom is -0.465 e. The van der Waals surface area contributed by atoms with Crippen LogP contribution in [0, 0.1) is 0 Å². The predicted octanol–water partition coefficient (Wildman–Crippen LogP) is 2.90. The molecule has 10 heteroatoms. The molecule has 0 aliphatic rings. The first-order chi connectivity index (χ1) is 15.9. The summed E-state index contributed by atoms with van der Waals surface area (Å²) in [4.78, 5) is 53.6. The Morgan fingerprint density at radius 1 is 1.12 bits per heavy atom. The van der Waals surface area contributed by atoms with Crippen molar-refractivity contribution in [3.63, 3.8) is 0 Å². The van der Waals surface area contributed by atoms with Crippen molar-refractivity contribution in [2.24, 2.45) is 4.99 Å². The number of carbonyl (C=O) groups is 3. The SMILES string of the molecule is CCOC(=O)Cn1c(=NC(=O)c2cc(=O)c3ccccc3o2)sc2cc(C(=O)OC)ccc21. The van der Waals surface area contributed by atoms with Gasteiger partial charge < -0.3 is 18.5 Å². The van der Waals surface area contributed by atoms with Gasteiger partial charge in [-0.1, -0.05) is 23.5 Å². The van der Waals surface area contributed by atoms with Gasteiger partial charge in [0.15, 0.2) is 16.0 Å². The minimum absolute atomic E-state index is 0.181. The number of amides is 1. The fourth-order valence-electron chi connectivity index (χ4n) is 3.24. The fraction of sp³-hybridized carbons (Fsp3) is 0.174. The first-order valence-corrected chi connectivity index (χ1v) is 10.7. The van der Waals surface area contributed by atoms with Crippen LogP contribution in [0.1, 0.15) is 27.8 Å². The molecule has 168 valence electrons. The highest BCUT2D eigenvalue weighted by Gasteiger charge is 2.17. The Morgan fingerprint density at radius 3 is 2.67 bits per heavy atom. The van der Waals surface area contributed by atoms with Crippen LogP contribution in [-0.4, -0.2) is 36.1 Å². The fourth-order valence-corrected chi connectivity index (χ4v) is 4.31. The lowest BCUT2D eigenvalue weighted by atomic mass is 10.2. The molecule has 2 aromatic heterocycles. The zero-order chi connectivity index (χ0) is 23.5. The molecule has 0 spiro atoms. The number of carbonyl (C=O) groups excluding carboxylic acids is 3. The van der Waals surface area contributed by atoms with Gasteiger partial charge >= 0.3 is 17.8 Å². The number of methoxy groups -OCH3 is 1. The van der Waals surface area contributed by atoms with E-state index in [1.807, 2.05) is 0 Å². The molecule has 0 saturated heterocycles. The molecule has 33 heavy (non-hydrogen) atoms. The number of hydrogen-bond acceptors (Lipinski definition) is 8. The number of thiazole rings is 1. The van der Waals surface area contributed by atoms with Crippen molar-refractivity contribution in [3.05, 3.63) is 74.9 Å². The molecule has 0 radical (unpaired) electrons. The lowest BCUT2D eigenvalue weighted by Gasteiger charge is -2.05. The number of rotatable bonds is 5. The second-order valence-electron chi connectivity index (χ2n) is 6.84. The maximum atomic E-state index is 12.9. The van der Waals surface area contributed by atoms with Crippen molar-refractivity contribution in [2.45, 2.75) is 13.5 Å². The number of esters is 2. The van der Waals surface area contributed by atoms with Crippen LogP contribution in [0.5, 0.6) is 0 Å². The van der Waals surface area contributed by atoms with Crippen molar-refractivity contribution >= 4 is 50.4 Å². The third kappa shape index (κ3) is 4.46. The summed E-state index contributed by atoms with van der Waals surface area (Å²) in [7, 11) is 1.28. The summed E-state index contributed by atoms with van der Waals surface area (Å²) >= 11 is 1.10. The molecule has 0 saturated carbocycles. The Morgan fingerprint density at radius 2 is 1.91 bits per heavy atom. The van der Waals surface area contributed by atoms with Crippen LogP contribution in [-0.2, 0) is 20.8 Å². The van der Waals surface area contributed by atoms with Gasteiger partial charge in [-0.05, 0) is 37.3 Å². The number of hydrogen-bond donors (Lipinski definition) is 0. The van der Waals surface area contributed by atoms with Crippen LogP contribution < -0.4 is 10.2 Å². The van der Waals surface area contributed by atoms with Gasteiger partial charge in [0.05, 0.1) is 34.9 Å². The molecule has 2 heterocycles. The van der Waals surface area contributed by atoms with Crippen LogP contribution in [0.3, 0.4) is 0 Å². The largest absolute Gasteiger partial charge is 0.465 e. The number of benzene rings is 2. The molecule has 9 nitrogen and oxygen atoms in total. The summed E-state index contributed by atoms with van der Waals surface area (Å²) in [5.74, 6) is -2.04. The number of aromatic nitrogens is 1. The van der Waals surface area contributed by atoms with Crippen LogP contribution in [0.15, 0.2) is 62.7 Å². The van der Waals surface area contributed by atoms with Crippen LogP contribution in [0.4, 0.5) is 0 Å². The molecule has 4 rings (SSSR count). The van der Waals surface area contributed by atoms with E-state index in [1.165, 1.54) is 11.7 Å². The minimum atomic E-state index is -0.782. The van der Waals surface area contributed by atoms with E-state index in [0.29, 0.717) is 21.2 Å². The Balaban J connectivity index is 1.85. The smallest absolute Gasteiger partial charge is 0.337 e. The van der Waals surface area contributed by atoms with Crippen molar-refractivity contribution in [2.75, 3.05) is 13.7 Å². The Hall–Kier alpha value is -4.05. The molecule has 0 bridgehead atoms. The summed E-state index contributed by atoms with van der Waals surface area (Å²) < 4.78 is 17.5. The molecule has 0 aliphatic heterocycles. The molecule has 0 unspecified atom stereocenters. The van der Waals surface area contributed by atoms with Gasteiger partial charge in [0.1, 0.15) is 12.1 Å². The third-order valence-corrected chi connectivity index (χ3v) is 5.78. The van der Waals surface area contributed by atoms with Gasteiger partial charge in [-0.15, -0.1) is 0 Å². The normalized spacial score (nSPS) is 11.6. The van der Waals surface area contributed by atoms with E-state index < -0.39 is 17.8 Å². The molecule has 0 fully saturated rings. The zero-order valence-electron chi connectivity index (χ0n) is 17.7. The van der Waals surface area contributed by atoms with E-state index in [-0.39, 0.29) is 34.7 Å². The van der Waals surface area contributed by atoms with Crippen LogP contribution in [0.25, 0.3) is 21.2 Å². The lowest BCUT2D eigenvalue weighted by Crippen LogP contribution is -2.23. The average molecular weight is 466 g/mol. The van der Waals surface area contributed by atoms with Crippen molar-refractivity contribution < 1.29 is 28.3 Å². The molecular weight excluding hydrogens is 448 g/mol. The quantitative estimate of drug-likeness (QED) is 0.415. The number of nitrogens with zero attached hydrogens (tertiary/aromatic N) is 2. The van der Waals surface area contributed by atoms with E-state index in [1.54, 1.807) is 49.4 Å². The van der Waals surface area contributed by atoms with Gasteiger partial charge in [-0.25, -0.2) is 4.79 Å². The Labute approximate surface area is 190 Å². The van der Waals surface area contributed by atoms with E-state index in [2.05, 4.69) is 4.99 Å². The summed E-state index contributed by atoms with van der Waals surface area (Å²) in [5, 5.41) is 0.351. The molecule has 0 atom stereocenters. The Kier molecular flexibility index (Phi) is 6.18. The van der Waals surface area contributed by atoms with Gasteiger partial charge in [0.25, 0.3) is 0 Å². The number of fused-ring (bicyclic) bond motifs is 2. The highest BCUT2D eigenvalue weighted by atomic mass is 32.1. The molecule has 0 aliphatic carbocycles. The maximum absolute atomic E-state index is 12.9. The molecule has 4 aromatic rings. The second-order valence-corrected chi connectivity index (χ2v) is 7.85. The average Bonchev–Trinajstić information content (AvgIpc) is 3.14.